The van der Waals surface area contributed by atoms with Crippen molar-refractivity contribution in [3.63, 3.8) is 0 Å². The maximum absolute atomic E-state index is 12.0. The SMILES string of the molecule is CCCN(Cc1nc2ccc(C(=O)OC)cc2n1C[C@@H]1CCO1)OC(Cl)CNC. The maximum Gasteiger partial charge on any atom is 0.337 e. The third-order valence-corrected chi connectivity index (χ3v) is 5.08. The standard InChI is InChI=1S/C20H29ClN4O4/c1-4-8-24(29-18(21)11-22-2)13-19-23-16-6-5-14(20(26)27-3)10-17(16)25(19)12-15-7-9-28-15/h5-6,10,15,18,22H,4,7-9,11-13H2,1-3H3/t15-,18?/m0/s1. The molecular formula is C20H29ClN4O4. The van der Waals surface area contributed by atoms with Crippen molar-refractivity contribution in [2.45, 2.75) is 44.5 Å². The molecule has 1 unspecified atom stereocenters. The molecule has 0 bridgehead atoms. The first kappa shape index (κ1) is 22.0. The largest absolute Gasteiger partial charge is 0.465 e. The van der Waals surface area contributed by atoms with Gasteiger partial charge in [0.1, 0.15) is 5.82 Å². The Morgan fingerprint density at radius 1 is 1.52 bits per heavy atom. The average Bonchev–Trinajstić information content (AvgIpc) is 3.00. The zero-order valence-electron chi connectivity index (χ0n) is 17.2. The van der Waals surface area contributed by atoms with Crippen LogP contribution in [0.3, 0.4) is 0 Å². The van der Waals surface area contributed by atoms with Gasteiger partial charge in [-0.05, 0) is 38.1 Å². The Bertz CT molecular complexity index is 824. The van der Waals surface area contributed by atoms with Crippen LogP contribution in [-0.2, 0) is 27.4 Å². The number of nitrogens with zero attached hydrogens (tertiary/aromatic N) is 3. The zero-order valence-corrected chi connectivity index (χ0v) is 17.9. The van der Waals surface area contributed by atoms with Gasteiger partial charge in [0.15, 0.2) is 5.56 Å². The third kappa shape index (κ3) is 5.46. The molecule has 1 N–H and O–H groups in total. The van der Waals surface area contributed by atoms with E-state index in [1.54, 1.807) is 6.07 Å². The molecule has 0 saturated carbocycles. The predicted octanol–water partition coefficient (Wildman–Crippen LogP) is 2.54. The molecule has 1 aromatic carbocycles. The van der Waals surface area contributed by atoms with Crippen molar-refractivity contribution in [2.24, 2.45) is 0 Å². The molecule has 0 amide bonds. The topological polar surface area (TPSA) is 77.9 Å². The summed E-state index contributed by atoms with van der Waals surface area (Å²) in [5.41, 5.74) is 1.73. The van der Waals surface area contributed by atoms with Gasteiger partial charge in [-0.1, -0.05) is 18.5 Å². The quantitative estimate of drug-likeness (QED) is 0.337. The molecule has 0 aliphatic carbocycles. The number of benzene rings is 1. The van der Waals surface area contributed by atoms with E-state index in [0.29, 0.717) is 25.2 Å². The number of hydrogen-bond acceptors (Lipinski definition) is 7. The van der Waals surface area contributed by atoms with Crippen molar-refractivity contribution >= 4 is 28.6 Å². The molecule has 0 spiro atoms. The highest BCUT2D eigenvalue weighted by molar-refractivity contribution is 6.19. The van der Waals surface area contributed by atoms with Crippen LogP contribution in [0.4, 0.5) is 0 Å². The van der Waals surface area contributed by atoms with Gasteiger partial charge in [-0.15, -0.1) is 0 Å². The number of methoxy groups -OCH3 is 1. The number of alkyl halides is 1. The number of fused-ring (bicyclic) bond motifs is 1. The number of aromatic nitrogens is 2. The molecule has 1 aliphatic heterocycles. The number of ether oxygens (including phenoxy) is 2. The van der Waals surface area contributed by atoms with E-state index < -0.39 is 5.56 Å². The second-order valence-corrected chi connectivity index (χ2v) is 7.54. The highest BCUT2D eigenvalue weighted by Gasteiger charge is 2.24. The van der Waals surface area contributed by atoms with Gasteiger partial charge in [-0.2, -0.15) is 5.06 Å². The van der Waals surface area contributed by atoms with Gasteiger partial charge in [0.2, 0.25) is 0 Å². The molecule has 8 nitrogen and oxygen atoms in total. The highest BCUT2D eigenvalue weighted by atomic mass is 35.5. The van der Waals surface area contributed by atoms with E-state index in [1.165, 1.54) is 7.11 Å². The van der Waals surface area contributed by atoms with Crippen LogP contribution in [0.5, 0.6) is 0 Å². The van der Waals surface area contributed by atoms with Gasteiger partial charge in [0.25, 0.3) is 0 Å². The molecule has 2 aromatic rings. The lowest BCUT2D eigenvalue weighted by Gasteiger charge is -2.29. The highest BCUT2D eigenvalue weighted by Crippen LogP contribution is 2.24. The van der Waals surface area contributed by atoms with E-state index in [1.807, 2.05) is 24.2 Å². The van der Waals surface area contributed by atoms with Crippen LogP contribution in [-0.4, -0.2) is 66.1 Å². The summed E-state index contributed by atoms with van der Waals surface area (Å²) in [7, 11) is 3.21. The minimum Gasteiger partial charge on any atom is -0.465 e. The average molecular weight is 425 g/mol. The Hall–Kier alpha value is -1.71. The number of halogens is 1. The fraction of sp³-hybridized carbons (Fsp3) is 0.600. The van der Waals surface area contributed by atoms with Crippen molar-refractivity contribution in [3.05, 3.63) is 29.6 Å². The number of rotatable bonds is 11. The normalized spacial score (nSPS) is 17.5. The number of esters is 1. The Kier molecular flexibility index (Phi) is 7.85. The molecule has 0 radical (unpaired) electrons. The van der Waals surface area contributed by atoms with E-state index in [-0.39, 0.29) is 12.1 Å². The summed E-state index contributed by atoms with van der Waals surface area (Å²) < 4.78 is 12.6. The summed E-state index contributed by atoms with van der Waals surface area (Å²) >= 11 is 6.26. The molecule has 29 heavy (non-hydrogen) atoms. The van der Waals surface area contributed by atoms with E-state index in [2.05, 4.69) is 16.8 Å². The lowest BCUT2D eigenvalue weighted by atomic mass is 10.1. The van der Waals surface area contributed by atoms with E-state index >= 15 is 0 Å². The Balaban J connectivity index is 1.91. The Morgan fingerprint density at radius 3 is 2.93 bits per heavy atom. The zero-order chi connectivity index (χ0) is 20.8. The van der Waals surface area contributed by atoms with Crippen LogP contribution < -0.4 is 5.32 Å². The van der Waals surface area contributed by atoms with Gasteiger partial charge in [0.05, 0.1) is 42.9 Å². The van der Waals surface area contributed by atoms with Crippen LogP contribution >= 0.6 is 11.6 Å². The summed E-state index contributed by atoms with van der Waals surface area (Å²) in [5, 5.41) is 4.85. The van der Waals surface area contributed by atoms with E-state index in [0.717, 1.165) is 42.9 Å². The smallest absolute Gasteiger partial charge is 0.337 e. The van der Waals surface area contributed by atoms with Gasteiger partial charge < -0.3 is 19.4 Å². The second-order valence-electron chi connectivity index (χ2n) is 7.05. The number of carbonyl (C=O) groups is 1. The van der Waals surface area contributed by atoms with Gasteiger partial charge in [-0.25, -0.2) is 9.78 Å². The summed E-state index contributed by atoms with van der Waals surface area (Å²) in [6.45, 7) is 5.29. The monoisotopic (exact) mass is 424 g/mol. The number of nitrogens with one attached hydrogen (secondary N) is 1. The lowest BCUT2D eigenvalue weighted by molar-refractivity contribution is -0.181. The molecule has 9 heteroatoms. The van der Waals surface area contributed by atoms with Crippen molar-refractivity contribution in [1.82, 2.24) is 19.9 Å². The number of likely N-dealkylation sites (N-methyl/N-ethyl adjacent to an activating group) is 1. The molecule has 3 rings (SSSR count). The molecular weight excluding hydrogens is 396 g/mol. The molecule has 1 aliphatic rings. The molecule has 1 fully saturated rings. The minimum absolute atomic E-state index is 0.151. The van der Waals surface area contributed by atoms with Crippen LogP contribution in [0.1, 0.15) is 35.9 Å². The summed E-state index contributed by atoms with van der Waals surface area (Å²) in [5.74, 6) is 0.480. The molecule has 1 saturated heterocycles. The fourth-order valence-corrected chi connectivity index (χ4v) is 3.58. The second kappa shape index (κ2) is 10.4. The van der Waals surface area contributed by atoms with Gasteiger partial charge >= 0.3 is 5.97 Å². The van der Waals surface area contributed by atoms with Crippen molar-refractivity contribution in [3.8, 4) is 0 Å². The lowest BCUT2D eigenvalue weighted by Crippen LogP contribution is -2.35. The Labute approximate surface area is 176 Å². The van der Waals surface area contributed by atoms with Crippen LogP contribution in [0.2, 0.25) is 0 Å². The summed E-state index contributed by atoms with van der Waals surface area (Å²) in [6.07, 6.45) is 2.08. The number of carbonyl (C=O) groups excluding carboxylic acids is 1. The molecule has 2 atom stereocenters. The van der Waals surface area contributed by atoms with Gasteiger partial charge in [-0.3, -0.25) is 4.84 Å². The first-order valence-electron chi connectivity index (χ1n) is 9.95. The minimum atomic E-state index is -0.467. The first-order valence-corrected chi connectivity index (χ1v) is 10.4. The summed E-state index contributed by atoms with van der Waals surface area (Å²) in [4.78, 5) is 22.7. The van der Waals surface area contributed by atoms with Crippen LogP contribution in [0.25, 0.3) is 11.0 Å². The predicted molar refractivity (Wildman–Crippen MR) is 111 cm³/mol. The molecule has 2 heterocycles. The number of hydrogen-bond donors (Lipinski definition) is 1. The van der Waals surface area contributed by atoms with Crippen LogP contribution in [0.15, 0.2) is 18.2 Å². The van der Waals surface area contributed by atoms with E-state index in [4.69, 9.17) is 30.9 Å². The maximum atomic E-state index is 12.0. The van der Waals surface area contributed by atoms with E-state index in [9.17, 15) is 4.79 Å². The molecule has 1 aromatic heterocycles. The fourth-order valence-electron chi connectivity index (χ4n) is 3.31. The number of hydroxylamine groups is 2. The van der Waals surface area contributed by atoms with Crippen LogP contribution in [0, 0.1) is 0 Å². The Morgan fingerprint density at radius 2 is 2.31 bits per heavy atom. The first-order chi connectivity index (χ1) is 14.0. The number of imidazole rings is 1. The van der Waals surface area contributed by atoms with Crippen molar-refractivity contribution < 1.29 is 19.1 Å². The summed E-state index contributed by atoms with van der Waals surface area (Å²) in [6, 6.07) is 5.41. The third-order valence-electron chi connectivity index (χ3n) is 4.85. The van der Waals surface area contributed by atoms with Crippen molar-refractivity contribution in [2.75, 3.05) is 33.9 Å². The van der Waals surface area contributed by atoms with Crippen molar-refractivity contribution in [1.29, 1.82) is 0 Å². The van der Waals surface area contributed by atoms with Gasteiger partial charge in [0, 0.05) is 19.7 Å². The molecule has 160 valence electrons.